The van der Waals surface area contributed by atoms with Crippen molar-refractivity contribution in [1.29, 1.82) is 0 Å². The zero-order valence-corrected chi connectivity index (χ0v) is 14.7. The van der Waals surface area contributed by atoms with Gasteiger partial charge in [0, 0.05) is 50.2 Å². The average Bonchev–Trinajstić information content (AvgIpc) is 2.61. The van der Waals surface area contributed by atoms with Crippen LogP contribution in [0.15, 0.2) is 36.7 Å². The van der Waals surface area contributed by atoms with E-state index in [-0.39, 0.29) is 5.75 Å². The first-order valence-corrected chi connectivity index (χ1v) is 8.49. The molecule has 1 aromatic carbocycles. The lowest BCUT2D eigenvalue weighted by Crippen LogP contribution is -2.49. The van der Waals surface area contributed by atoms with Crippen LogP contribution >= 0.6 is 0 Å². The highest BCUT2D eigenvalue weighted by atomic mass is 19.4. The van der Waals surface area contributed by atoms with Gasteiger partial charge in [-0.25, -0.2) is 9.97 Å². The number of aromatic nitrogens is 2. The fourth-order valence-electron chi connectivity index (χ4n) is 2.92. The van der Waals surface area contributed by atoms with Crippen LogP contribution in [0.4, 0.5) is 19.1 Å². The van der Waals surface area contributed by atoms with Gasteiger partial charge in [0.2, 0.25) is 5.95 Å². The highest BCUT2D eigenvalue weighted by Crippen LogP contribution is 2.26. The fraction of sp³-hybridized carbons (Fsp3) is 0.444. The zero-order chi connectivity index (χ0) is 18.7. The number of alkyl halides is 3. The monoisotopic (exact) mass is 366 g/mol. The molecule has 1 aromatic heterocycles. The van der Waals surface area contributed by atoms with E-state index in [2.05, 4.69) is 38.4 Å². The molecule has 2 aromatic rings. The number of hydrogen-bond acceptors (Lipinski definition) is 5. The SMILES string of the molecule is CC(C)N1CCN(c2ncc(-c3ccc(OC(F)(F)F)cc3)cn2)CC1. The van der Waals surface area contributed by atoms with Crippen molar-refractivity contribution in [1.82, 2.24) is 14.9 Å². The number of piperazine rings is 1. The van der Waals surface area contributed by atoms with Crippen molar-refractivity contribution < 1.29 is 17.9 Å². The van der Waals surface area contributed by atoms with E-state index in [9.17, 15) is 13.2 Å². The molecule has 0 aliphatic carbocycles. The van der Waals surface area contributed by atoms with E-state index in [0.717, 1.165) is 37.3 Å². The molecule has 140 valence electrons. The minimum atomic E-state index is -4.69. The van der Waals surface area contributed by atoms with Crippen LogP contribution in [0.25, 0.3) is 11.1 Å². The Balaban J connectivity index is 1.64. The molecule has 0 spiro atoms. The minimum absolute atomic E-state index is 0.248. The number of anilines is 1. The van der Waals surface area contributed by atoms with Gasteiger partial charge in [0.1, 0.15) is 5.75 Å². The lowest BCUT2D eigenvalue weighted by Gasteiger charge is -2.36. The van der Waals surface area contributed by atoms with Gasteiger partial charge in [-0.15, -0.1) is 13.2 Å². The Hall–Kier alpha value is -2.35. The second-order valence-corrected chi connectivity index (χ2v) is 6.46. The summed E-state index contributed by atoms with van der Waals surface area (Å²) in [6.45, 7) is 8.08. The van der Waals surface area contributed by atoms with Crippen molar-refractivity contribution >= 4 is 5.95 Å². The maximum atomic E-state index is 12.2. The molecule has 0 amide bonds. The van der Waals surface area contributed by atoms with Crippen LogP contribution in [0.3, 0.4) is 0 Å². The Bertz CT molecular complexity index is 709. The molecule has 1 saturated heterocycles. The number of hydrogen-bond donors (Lipinski definition) is 0. The Morgan fingerprint density at radius 3 is 2.00 bits per heavy atom. The summed E-state index contributed by atoms with van der Waals surface area (Å²) in [6, 6.07) is 6.20. The molecule has 0 unspecified atom stereocenters. The molecule has 0 N–H and O–H groups in total. The standard InChI is InChI=1S/C18H21F3N4O/c1-13(2)24-7-9-25(10-8-24)17-22-11-15(12-23-17)14-3-5-16(6-4-14)26-18(19,20)21/h3-6,11-13H,7-10H2,1-2H3. The molecular weight excluding hydrogens is 345 g/mol. The first kappa shape index (κ1) is 18.4. The fourth-order valence-corrected chi connectivity index (χ4v) is 2.92. The van der Waals surface area contributed by atoms with Gasteiger partial charge in [0.15, 0.2) is 0 Å². The lowest BCUT2D eigenvalue weighted by atomic mass is 10.1. The Kier molecular flexibility index (Phi) is 5.31. The van der Waals surface area contributed by atoms with Crippen molar-refractivity contribution in [2.24, 2.45) is 0 Å². The summed E-state index contributed by atoms with van der Waals surface area (Å²) >= 11 is 0. The van der Waals surface area contributed by atoms with Gasteiger partial charge in [0.05, 0.1) is 0 Å². The van der Waals surface area contributed by atoms with E-state index >= 15 is 0 Å². The van der Waals surface area contributed by atoms with Crippen LogP contribution < -0.4 is 9.64 Å². The average molecular weight is 366 g/mol. The molecule has 0 bridgehead atoms. The number of nitrogens with zero attached hydrogens (tertiary/aromatic N) is 4. The second kappa shape index (κ2) is 7.49. The Labute approximate surface area is 150 Å². The van der Waals surface area contributed by atoms with Crippen LogP contribution in [0.2, 0.25) is 0 Å². The van der Waals surface area contributed by atoms with Crippen LogP contribution in [0.5, 0.6) is 5.75 Å². The van der Waals surface area contributed by atoms with Crippen LogP contribution in [-0.4, -0.2) is 53.5 Å². The second-order valence-electron chi connectivity index (χ2n) is 6.46. The Morgan fingerprint density at radius 1 is 0.923 bits per heavy atom. The lowest BCUT2D eigenvalue weighted by molar-refractivity contribution is -0.274. The summed E-state index contributed by atoms with van der Waals surface area (Å²) in [5.74, 6) is 0.427. The van der Waals surface area contributed by atoms with Gasteiger partial charge in [-0.1, -0.05) is 12.1 Å². The van der Waals surface area contributed by atoms with Crippen LogP contribution in [-0.2, 0) is 0 Å². The first-order chi connectivity index (χ1) is 12.3. The van der Waals surface area contributed by atoms with Crippen LogP contribution in [0.1, 0.15) is 13.8 Å². The summed E-state index contributed by atoms with van der Waals surface area (Å²) < 4.78 is 40.5. The number of benzene rings is 1. The van der Waals surface area contributed by atoms with E-state index < -0.39 is 6.36 Å². The third kappa shape index (κ3) is 4.63. The maximum absolute atomic E-state index is 12.2. The predicted octanol–water partition coefficient (Wildman–Crippen LogP) is 3.57. The smallest absolute Gasteiger partial charge is 0.406 e. The zero-order valence-electron chi connectivity index (χ0n) is 14.7. The number of halogens is 3. The van der Waals surface area contributed by atoms with Crippen molar-refractivity contribution in [2.75, 3.05) is 31.1 Å². The molecular formula is C18H21F3N4O. The molecule has 1 aliphatic heterocycles. The number of rotatable bonds is 4. The van der Waals surface area contributed by atoms with E-state index in [4.69, 9.17) is 0 Å². The van der Waals surface area contributed by atoms with Gasteiger partial charge < -0.3 is 9.64 Å². The topological polar surface area (TPSA) is 41.5 Å². The number of ether oxygens (including phenoxy) is 1. The predicted molar refractivity (Wildman–Crippen MR) is 93.1 cm³/mol. The minimum Gasteiger partial charge on any atom is -0.406 e. The molecule has 3 rings (SSSR count). The summed E-state index contributed by atoms with van der Waals surface area (Å²) in [5.41, 5.74) is 1.48. The molecule has 1 aliphatic rings. The van der Waals surface area contributed by atoms with Crippen molar-refractivity contribution in [2.45, 2.75) is 26.3 Å². The maximum Gasteiger partial charge on any atom is 0.573 e. The van der Waals surface area contributed by atoms with E-state index in [0.29, 0.717) is 12.0 Å². The molecule has 0 atom stereocenters. The van der Waals surface area contributed by atoms with Crippen LogP contribution in [0, 0.1) is 0 Å². The largest absolute Gasteiger partial charge is 0.573 e. The first-order valence-electron chi connectivity index (χ1n) is 8.49. The third-order valence-corrected chi connectivity index (χ3v) is 4.39. The normalized spacial score (nSPS) is 16.2. The molecule has 1 fully saturated rings. The summed E-state index contributed by atoms with van der Waals surface area (Å²) in [5, 5.41) is 0. The summed E-state index contributed by atoms with van der Waals surface area (Å²) in [4.78, 5) is 13.4. The molecule has 5 nitrogen and oxygen atoms in total. The van der Waals surface area contributed by atoms with Crippen molar-refractivity contribution in [3.63, 3.8) is 0 Å². The molecule has 2 heterocycles. The quantitative estimate of drug-likeness (QED) is 0.827. The van der Waals surface area contributed by atoms with Gasteiger partial charge in [-0.3, -0.25) is 4.90 Å². The molecule has 26 heavy (non-hydrogen) atoms. The molecule has 0 radical (unpaired) electrons. The van der Waals surface area contributed by atoms with Gasteiger partial charge >= 0.3 is 6.36 Å². The van der Waals surface area contributed by atoms with Crippen molar-refractivity contribution in [3.8, 4) is 16.9 Å². The van der Waals surface area contributed by atoms with E-state index in [1.165, 1.54) is 12.1 Å². The van der Waals surface area contributed by atoms with Gasteiger partial charge in [-0.2, -0.15) is 0 Å². The highest BCUT2D eigenvalue weighted by molar-refractivity contribution is 5.63. The molecule has 8 heteroatoms. The summed E-state index contributed by atoms with van der Waals surface area (Å²) in [7, 11) is 0. The van der Waals surface area contributed by atoms with E-state index in [1.54, 1.807) is 24.5 Å². The third-order valence-electron chi connectivity index (χ3n) is 4.39. The highest BCUT2D eigenvalue weighted by Gasteiger charge is 2.31. The van der Waals surface area contributed by atoms with Crippen molar-refractivity contribution in [3.05, 3.63) is 36.7 Å². The Morgan fingerprint density at radius 2 is 1.50 bits per heavy atom. The summed E-state index contributed by atoms with van der Waals surface area (Å²) in [6.07, 6.45) is -1.31. The van der Waals surface area contributed by atoms with Gasteiger partial charge in [-0.05, 0) is 31.5 Å². The van der Waals surface area contributed by atoms with Gasteiger partial charge in [0.25, 0.3) is 0 Å². The molecule has 0 saturated carbocycles. The van der Waals surface area contributed by atoms with E-state index in [1.807, 2.05) is 0 Å².